The SMILES string of the molecule is C=C(C)CC(=O)NC. The highest BCUT2D eigenvalue weighted by atomic mass is 16.1. The lowest BCUT2D eigenvalue weighted by Gasteiger charge is -1.94. The second kappa shape index (κ2) is 3.24. The van der Waals surface area contributed by atoms with Crippen LogP contribution in [0, 0.1) is 0 Å². The number of amides is 1. The molecule has 0 aliphatic rings. The van der Waals surface area contributed by atoms with Gasteiger partial charge < -0.3 is 5.32 Å². The Hall–Kier alpha value is -0.790. The summed E-state index contributed by atoms with van der Waals surface area (Å²) in [5.74, 6) is 0.0255. The Bertz CT molecular complexity index is 107. The smallest absolute Gasteiger partial charge is 0.223 e. The van der Waals surface area contributed by atoms with Crippen LogP contribution in [0.3, 0.4) is 0 Å². The van der Waals surface area contributed by atoms with Gasteiger partial charge in [-0.3, -0.25) is 4.79 Å². The first kappa shape index (κ1) is 7.21. The predicted octanol–water partition coefficient (Wildman–Crippen LogP) is 0.699. The molecule has 0 heterocycles. The van der Waals surface area contributed by atoms with Gasteiger partial charge in [0.15, 0.2) is 0 Å². The van der Waals surface area contributed by atoms with Crippen molar-refractivity contribution in [1.29, 1.82) is 0 Å². The Kier molecular flexibility index (Phi) is 2.92. The van der Waals surface area contributed by atoms with Crippen LogP contribution in [0.15, 0.2) is 12.2 Å². The first-order valence-corrected chi connectivity index (χ1v) is 2.51. The van der Waals surface area contributed by atoms with Crippen LogP contribution in [0.5, 0.6) is 0 Å². The lowest BCUT2D eigenvalue weighted by Crippen LogP contribution is -2.17. The van der Waals surface area contributed by atoms with Crippen molar-refractivity contribution < 1.29 is 4.79 Å². The van der Waals surface area contributed by atoms with E-state index in [9.17, 15) is 4.79 Å². The Labute approximate surface area is 49.6 Å². The van der Waals surface area contributed by atoms with Crippen molar-refractivity contribution in [2.45, 2.75) is 13.3 Å². The van der Waals surface area contributed by atoms with Crippen molar-refractivity contribution in [3.05, 3.63) is 12.2 Å². The van der Waals surface area contributed by atoms with E-state index < -0.39 is 0 Å². The summed E-state index contributed by atoms with van der Waals surface area (Å²) in [5, 5.41) is 2.50. The molecule has 0 rings (SSSR count). The van der Waals surface area contributed by atoms with Gasteiger partial charge in [0, 0.05) is 13.5 Å². The average Bonchev–Trinajstić information content (AvgIpc) is 1.65. The molecule has 2 heteroatoms. The number of hydrogen-bond donors (Lipinski definition) is 1. The number of nitrogens with one attached hydrogen (secondary N) is 1. The Morgan fingerprint density at radius 2 is 2.25 bits per heavy atom. The van der Waals surface area contributed by atoms with Gasteiger partial charge >= 0.3 is 0 Å². The van der Waals surface area contributed by atoms with E-state index in [1.165, 1.54) is 0 Å². The second-order valence-corrected chi connectivity index (χ2v) is 1.81. The summed E-state index contributed by atoms with van der Waals surface area (Å²) in [6.07, 6.45) is 0.441. The first-order chi connectivity index (χ1) is 3.66. The maximum absolute atomic E-state index is 10.5. The summed E-state index contributed by atoms with van der Waals surface area (Å²) >= 11 is 0. The molecule has 0 aromatic rings. The molecule has 1 amide bonds. The number of carbonyl (C=O) groups is 1. The molecule has 0 aliphatic carbocycles. The van der Waals surface area contributed by atoms with Gasteiger partial charge in [-0.25, -0.2) is 0 Å². The lowest BCUT2D eigenvalue weighted by molar-refractivity contribution is -0.119. The molecule has 0 saturated carbocycles. The minimum atomic E-state index is 0.0255. The van der Waals surface area contributed by atoms with E-state index in [1.54, 1.807) is 7.05 Å². The van der Waals surface area contributed by atoms with Crippen LogP contribution < -0.4 is 5.32 Å². The van der Waals surface area contributed by atoms with Gasteiger partial charge in [0.2, 0.25) is 5.91 Å². The Morgan fingerprint density at radius 3 is 2.38 bits per heavy atom. The van der Waals surface area contributed by atoms with Crippen molar-refractivity contribution >= 4 is 5.91 Å². The summed E-state index contributed by atoms with van der Waals surface area (Å²) in [4.78, 5) is 10.5. The standard InChI is InChI=1S/C6H11NO/c1-5(2)4-6(8)7-3/h1,4H2,2-3H3,(H,7,8). The summed E-state index contributed by atoms with van der Waals surface area (Å²) in [6, 6.07) is 0. The molecule has 46 valence electrons. The van der Waals surface area contributed by atoms with E-state index in [1.807, 2.05) is 6.92 Å². The lowest BCUT2D eigenvalue weighted by atomic mass is 10.2. The van der Waals surface area contributed by atoms with Crippen LogP contribution in [0.25, 0.3) is 0 Å². The average molecular weight is 113 g/mol. The van der Waals surface area contributed by atoms with Crippen LogP contribution >= 0.6 is 0 Å². The molecule has 0 saturated heterocycles. The van der Waals surface area contributed by atoms with Crippen molar-refractivity contribution in [3.63, 3.8) is 0 Å². The molecule has 2 nitrogen and oxygen atoms in total. The summed E-state index contributed by atoms with van der Waals surface area (Å²) in [5.41, 5.74) is 0.893. The van der Waals surface area contributed by atoms with E-state index >= 15 is 0 Å². The van der Waals surface area contributed by atoms with E-state index in [0.717, 1.165) is 5.57 Å². The van der Waals surface area contributed by atoms with Crippen molar-refractivity contribution in [2.24, 2.45) is 0 Å². The van der Waals surface area contributed by atoms with E-state index in [2.05, 4.69) is 11.9 Å². The van der Waals surface area contributed by atoms with Gasteiger partial charge in [-0.1, -0.05) is 12.2 Å². The molecule has 1 N–H and O–H groups in total. The zero-order valence-electron chi connectivity index (χ0n) is 5.32. The maximum atomic E-state index is 10.5. The van der Waals surface area contributed by atoms with E-state index in [-0.39, 0.29) is 5.91 Å². The van der Waals surface area contributed by atoms with Crippen LogP contribution in [0.2, 0.25) is 0 Å². The zero-order chi connectivity index (χ0) is 6.57. The van der Waals surface area contributed by atoms with Gasteiger partial charge in [-0.2, -0.15) is 0 Å². The summed E-state index contributed by atoms with van der Waals surface area (Å²) in [7, 11) is 1.62. The van der Waals surface area contributed by atoms with Crippen LogP contribution in [0.4, 0.5) is 0 Å². The van der Waals surface area contributed by atoms with Crippen molar-refractivity contribution in [2.75, 3.05) is 7.05 Å². The summed E-state index contributed by atoms with van der Waals surface area (Å²) in [6.45, 7) is 5.41. The van der Waals surface area contributed by atoms with Crippen molar-refractivity contribution in [3.8, 4) is 0 Å². The molecular weight excluding hydrogens is 102 g/mol. The predicted molar refractivity (Wildman–Crippen MR) is 33.5 cm³/mol. The van der Waals surface area contributed by atoms with Gasteiger partial charge in [-0.15, -0.1) is 0 Å². The van der Waals surface area contributed by atoms with E-state index in [0.29, 0.717) is 6.42 Å². The zero-order valence-corrected chi connectivity index (χ0v) is 5.32. The van der Waals surface area contributed by atoms with Crippen LogP contribution in [-0.4, -0.2) is 13.0 Å². The normalized spacial score (nSPS) is 8.25. The van der Waals surface area contributed by atoms with Crippen LogP contribution in [0.1, 0.15) is 13.3 Å². The van der Waals surface area contributed by atoms with Gasteiger partial charge in [0.25, 0.3) is 0 Å². The second-order valence-electron chi connectivity index (χ2n) is 1.81. The number of carbonyl (C=O) groups excluding carboxylic acids is 1. The Balaban J connectivity index is 3.40. The van der Waals surface area contributed by atoms with Crippen molar-refractivity contribution in [1.82, 2.24) is 5.32 Å². The molecular formula is C6H11NO. The molecule has 0 atom stereocenters. The molecule has 0 aliphatic heterocycles. The monoisotopic (exact) mass is 113 g/mol. The molecule has 0 fully saturated rings. The third-order valence-corrected chi connectivity index (χ3v) is 0.741. The van der Waals surface area contributed by atoms with E-state index in [4.69, 9.17) is 0 Å². The molecule has 8 heavy (non-hydrogen) atoms. The third kappa shape index (κ3) is 3.40. The fraction of sp³-hybridized carbons (Fsp3) is 0.500. The third-order valence-electron chi connectivity index (χ3n) is 0.741. The quantitative estimate of drug-likeness (QED) is 0.525. The fourth-order valence-corrected chi connectivity index (χ4v) is 0.362. The maximum Gasteiger partial charge on any atom is 0.223 e. The highest BCUT2D eigenvalue weighted by molar-refractivity contribution is 5.77. The minimum absolute atomic E-state index is 0.0255. The highest BCUT2D eigenvalue weighted by Gasteiger charge is 1.94. The van der Waals surface area contributed by atoms with Crippen LogP contribution in [-0.2, 0) is 4.79 Å². The topological polar surface area (TPSA) is 29.1 Å². The fourth-order valence-electron chi connectivity index (χ4n) is 0.362. The highest BCUT2D eigenvalue weighted by Crippen LogP contribution is 1.92. The molecule has 0 unspecified atom stereocenters. The number of rotatable bonds is 2. The molecule has 0 bridgehead atoms. The van der Waals surface area contributed by atoms with Gasteiger partial charge in [0.05, 0.1) is 0 Å². The van der Waals surface area contributed by atoms with Gasteiger partial charge in [-0.05, 0) is 6.92 Å². The first-order valence-electron chi connectivity index (χ1n) is 2.51. The molecule has 0 spiro atoms. The molecule has 0 radical (unpaired) electrons. The molecule has 0 aromatic carbocycles. The molecule has 0 aromatic heterocycles. The Morgan fingerprint density at radius 1 is 1.75 bits per heavy atom. The minimum Gasteiger partial charge on any atom is -0.359 e. The summed E-state index contributed by atoms with van der Waals surface area (Å²) < 4.78 is 0. The largest absolute Gasteiger partial charge is 0.359 e. The number of hydrogen-bond acceptors (Lipinski definition) is 1. The van der Waals surface area contributed by atoms with Gasteiger partial charge in [0.1, 0.15) is 0 Å².